The fourth-order valence-corrected chi connectivity index (χ4v) is 1.99. The highest BCUT2D eigenvalue weighted by molar-refractivity contribution is 5.77. The van der Waals surface area contributed by atoms with Crippen LogP contribution in [0.5, 0.6) is 0 Å². The summed E-state index contributed by atoms with van der Waals surface area (Å²) in [4.78, 5) is 8.39. The van der Waals surface area contributed by atoms with Gasteiger partial charge in [-0.2, -0.15) is 0 Å². The minimum atomic E-state index is 0.359. The van der Waals surface area contributed by atoms with Crippen molar-refractivity contribution in [2.45, 2.75) is 33.2 Å². The van der Waals surface area contributed by atoms with E-state index in [1.165, 1.54) is 0 Å². The molecule has 2 aromatic rings. The minimum absolute atomic E-state index is 0.359. The number of imidazole rings is 1. The van der Waals surface area contributed by atoms with Crippen LogP contribution in [-0.4, -0.2) is 14.5 Å². The average molecular weight is 218 g/mol. The number of nitrogens with two attached hydrogens (primary N) is 1. The number of nitrogens with zero attached hydrogens (tertiary/aromatic N) is 3. The predicted octanol–water partition coefficient (Wildman–Crippen LogP) is 2.62. The first-order valence-electron chi connectivity index (χ1n) is 5.72. The standard InChI is InChI=1S/C12H18N4/c1-4-8(2)9(3)16-11-5-6-14-7-10(11)15-12(16)13/h5-9H,4H2,1-3H3,(H2,13,15). The molecule has 0 amide bonds. The van der Waals surface area contributed by atoms with Gasteiger partial charge in [-0.25, -0.2) is 4.98 Å². The van der Waals surface area contributed by atoms with Crippen molar-refractivity contribution in [1.82, 2.24) is 14.5 Å². The van der Waals surface area contributed by atoms with Crippen molar-refractivity contribution < 1.29 is 0 Å². The normalized spacial score (nSPS) is 15.2. The lowest BCUT2D eigenvalue weighted by atomic mass is 10.0. The van der Waals surface area contributed by atoms with Crippen molar-refractivity contribution in [2.24, 2.45) is 5.92 Å². The highest BCUT2D eigenvalue weighted by atomic mass is 15.2. The van der Waals surface area contributed by atoms with Crippen molar-refractivity contribution >= 4 is 17.0 Å². The highest BCUT2D eigenvalue weighted by Crippen LogP contribution is 2.27. The van der Waals surface area contributed by atoms with E-state index in [2.05, 4.69) is 35.3 Å². The van der Waals surface area contributed by atoms with Crippen LogP contribution in [0.3, 0.4) is 0 Å². The van der Waals surface area contributed by atoms with Crippen LogP contribution >= 0.6 is 0 Å². The van der Waals surface area contributed by atoms with Gasteiger partial charge in [0.15, 0.2) is 0 Å². The van der Waals surface area contributed by atoms with Crippen molar-refractivity contribution in [3.05, 3.63) is 18.5 Å². The highest BCUT2D eigenvalue weighted by Gasteiger charge is 2.17. The van der Waals surface area contributed by atoms with Crippen LogP contribution in [0.2, 0.25) is 0 Å². The minimum Gasteiger partial charge on any atom is -0.369 e. The molecule has 2 unspecified atom stereocenters. The Bertz CT molecular complexity index is 489. The van der Waals surface area contributed by atoms with Gasteiger partial charge in [-0.3, -0.25) is 4.98 Å². The Morgan fingerprint density at radius 1 is 1.44 bits per heavy atom. The maximum Gasteiger partial charge on any atom is 0.201 e. The van der Waals surface area contributed by atoms with Gasteiger partial charge in [-0.1, -0.05) is 20.3 Å². The molecule has 4 nitrogen and oxygen atoms in total. The topological polar surface area (TPSA) is 56.7 Å². The molecule has 2 atom stereocenters. The molecule has 0 radical (unpaired) electrons. The summed E-state index contributed by atoms with van der Waals surface area (Å²) in [6.45, 7) is 6.61. The van der Waals surface area contributed by atoms with Crippen LogP contribution in [-0.2, 0) is 0 Å². The largest absolute Gasteiger partial charge is 0.369 e. The third-order valence-corrected chi connectivity index (χ3v) is 3.39. The number of rotatable bonds is 3. The molecule has 2 rings (SSSR count). The van der Waals surface area contributed by atoms with Crippen LogP contribution < -0.4 is 5.73 Å². The van der Waals surface area contributed by atoms with E-state index in [1.807, 2.05) is 6.07 Å². The van der Waals surface area contributed by atoms with Gasteiger partial charge >= 0.3 is 0 Å². The summed E-state index contributed by atoms with van der Waals surface area (Å²) in [7, 11) is 0. The van der Waals surface area contributed by atoms with Crippen molar-refractivity contribution in [1.29, 1.82) is 0 Å². The van der Waals surface area contributed by atoms with Gasteiger partial charge in [0.1, 0.15) is 5.52 Å². The molecule has 4 heteroatoms. The van der Waals surface area contributed by atoms with Gasteiger partial charge in [-0.05, 0) is 18.9 Å². The Morgan fingerprint density at radius 3 is 2.88 bits per heavy atom. The molecule has 0 bridgehead atoms. The lowest BCUT2D eigenvalue weighted by molar-refractivity contribution is 0.381. The summed E-state index contributed by atoms with van der Waals surface area (Å²) >= 11 is 0. The van der Waals surface area contributed by atoms with Crippen LogP contribution in [0.25, 0.3) is 11.0 Å². The molecule has 0 fully saturated rings. The Morgan fingerprint density at radius 2 is 2.19 bits per heavy atom. The van der Waals surface area contributed by atoms with Crippen LogP contribution in [0.4, 0.5) is 5.95 Å². The molecular weight excluding hydrogens is 200 g/mol. The summed E-state index contributed by atoms with van der Waals surface area (Å²) in [5.74, 6) is 1.16. The zero-order chi connectivity index (χ0) is 11.7. The number of pyridine rings is 1. The van der Waals surface area contributed by atoms with E-state index in [9.17, 15) is 0 Å². The van der Waals surface area contributed by atoms with Gasteiger partial charge in [0, 0.05) is 12.2 Å². The maximum absolute atomic E-state index is 5.97. The van der Waals surface area contributed by atoms with Crippen molar-refractivity contribution in [3.8, 4) is 0 Å². The van der Waals surface area contributed by atoms with E-state index < -0.39 is 0 Å². The summed E-state index contributed by atoms with van der Waals surface area (Å²) < 4.78 is 2.10. The van der Waals surface area contributed by atoms with Crippen LogP contribution in [0.15, 0.2) is 18.5 Å². The van der Waals surface area contributed by atoms with Gasteiger partial charge in [0.05, 0.1) is 11.7 Å². The Hall–Kier alpha value is -1.58. The third-order valence-electron chi connectivity index (χ3n) is 3.39. The zero-order valence-electron chi connectivity index (χ0n) is 10.0. The first-order chi connectivity index (χ1) is 7.65. The second-order valence-electron chi connectivity index (χ2n) is 4.33. The molecule has 2 N–H and O–H groups in total. The summed E-state index contributed by atoms with van der Waals surface area (Å²) in [6.07, 6.45) is 4.67. The van der Waals surface area contributed by atoms with E-state index in [1.54, 1.807) is 12.4 Å². The van der Waals surface area contributed by atoms with Gasteiger partial charge < -0.3 is 10.3 Å². The first-order valence-corrected chi connectivity index (χ1v) is 5.72. The SMILES string of the molecule is CCC(C)C(C)n1c(N)nc2cnccc21. The fourth-order valence-electron chi connectivity index (χ4n) is 1.99. The first kappa shape index (κ1) is 10.9. The van der Waals surface area contributed by atoms with E-state index in [4.69, 9.17) is 5.73 Å². The lowest BCUT2D eigenvalue weighted by Crippen LogP contribution is -2.15. The molecule has 2 heterocycles. The molecule has 0 aliphatic heterocycles. The summed E-state index contributed by atoms with van der Waals surface area (Å²) in [5.41, 5.74) is 7.91. The average Bonchev–Trinajstić information content (AvgIpc) is 2.63. The third kappa shape index (κ3) is 1.64. The lowest BCUT2D eigenvalue weighted by Gasteiger charge is -2.21. The molecule has 0 aliphatic rings. The van der Waals surface area contributed by atoms with Gasteiger partial charge in [0.2, 0.25) is 5.95 Å². The van der Waals surface area contributed by atoms with E-state index in [0.717, 1.165) is 17.5 Å². The number of aromatic nitrogens is 3. The van der Waals surface area contributed by atoms with Gasteiger partial charge in [-0.15, -0.1) is 0 Å². The molecule has 0 saturated heterocycles. The van der Waals surface area contributed by atoms with E-state index in [0.29, 0.717) is 17.9 Å². The van der Waals surface area contributed by atoms with E-state index >= 15 is 0 Å². The number of fused-ring (bicyclic) bond motifs is 1. The Balaban J connectivity index is 2.54. The van der Waals surface area contributed by atoms with Crippen molar-refractivity contribution in [2.75, 3.05) is 5.73 Å². The van der Waals surface area contributed by atoms with Crippen LogP contribution in [0.1, 0.15) is 33.2 Å². The quantitative estimate of drug-likeness (QED) is 0.861. The Kier molecular flexibility index (Phi) is 2.81. The fraction of sp³-hybridized carbons (Fsp3) is 0.500. The van der Waals surface area contributed by atoms with E-state index in [-0.39, 0.29) is 0 Å². The number of anilines is 1. The monoisotopic (exact) mass is 218 g/mol. The zero-order valence-corrected chi connectivity index (χ0v) is 10.0. The maximum atomic E-state index is 5.97. The number of hydrogen-bond acceptors (Lipinski definition) is 3. The smallest absolute Gasteiger partial charge is 0.201 e. The summed E-state index contributed by atoms with van der Waals surface area (Å²) in [5, 5.41) is 0. The predicted molar refractivity (Wildman–Crippen MR) is 66.1 cm³/mol. The van der Waals surface area contributed by atoms with Crippen molar-refractivity contribution in [3.63, 3.8) is 0 Å². The molecule has 2 aromatic heterocycles. The second-order valence-corrected chi connectivity index (χ2v) is 4.33. The molecular formula is C12H18N4. The molecule has 16 heavy (non-hydrogen) atoms. The summed E-state index contributed by atoms with van der Waals surface area (Å²) in [6, 6.07) is 2.33. The molecule has 0 aliphatic carbocycles. The molecule has 86 valence electrons. The number of hydrogen-bond donors (Lipinski definition) is 1. The Labute approximate surface area is 95.5 Å². The second kappa shape index (κ2) is 4.12. The molecule has 0 spiro atoms. The molecule has 0 saturated carbocycles. The molecule has 0 aromatic carbocycles. The number of nitrogen functional groups attached to an aromatic ring is 1. The van der Waals surface area contributed by atoms with Gasteiger partial charge in [0.25, 0.3) is 0 Å². The van der Waals surface area contributed by atoms with Crippen LogP contribution in [0, 0.1) is 5.92 Å².